The summed E-state index contributed by atoms with van der Waals surface area (Å²) in [5, 5.41) is 2.99. The zero-order valence-electron chi connectivity index (χ0n) is 14.5. The lowest BCUT2D eigenvalue weighted by Gasteiger charge is -2.13. The summed E-state index contributed by atoms with van der Waals surface area (Å²) in [4.78, 5) is 12.1. The number of carbonyl (C=O) groups excluding carboxylic acids is 1. The average Bonchev–Trinajstić information content (AvgIpc) is 2.62. The van der Waals surface area contributed by atoms with Gasteiger partial charge in [-0.15, -0.1) is 0 Å². The highest BCUT2D eigenvalue weighted by molar-refractivity contribution is 5.76. The fraction of sp³-hybridized carbons (Fsp3) is 0.350. The van der Waals surface area contributed by atoms with E-state index in [1.807, 2.05) is 48.5 Å². The second kappa shape index (κ2) is 8.96. The summed E-state index contributed by atoms with van der Waals surface area (Å²) in [5.41, 5.74) is 2.32. The molecule has 2 aromatic carbocycles. The topological polar surface area (TPSA) is 47.6 Å². The van der Waals surface area contributed by atoms with Gasteiger partial charge in [-0.2, -0.15) is 0 Å². The molecule has 2 aromatic rings. The van der Waals surface area contributed by atoms with Crippen LogP contribution in [0.4, 0.5) is 0 Å². The summed E-state index contributed by atoms with van der Waals surface area (Å²) in [6.45, 7) is 2.70. The third-order valence-electron chi connectivity index (χ3n) is 4.07. The molecule has 0 fully saturated rings. The Morgan fingerprint density at radius 2 is 1.50 bits per heavy atom. The van der Waals surface area contributed by atoms with Crippen molar-refractivity contribution in [3.05, 3.63) is 59.7 Å². The normalized spacial score (nSPS) is 11.6. The number of hydrogen-bond donors (Lipinski definition) is 1. The van der Waals surface area contributed by atoms with Crippen molar-refractivity contribution in [2.24, 2.45) is 0 Å². The van der Waals surface area contributed by atoms with Gasteiger partial charge in [0.2, 0.25) is 5.91 Å². The number of amides is 1. The van der Waals surface area contributed by atoms with E-state index in [2.05, 4.69) is 12.2 Å². The van der Waals surface area contributed by atoms with E-state index in [9.17, 15) is 4.79 Å². The predicted molar refractivity (Wildman–Crippen MR) is 95.7 cm³/mol. The summed E-state index contributed by atoms with van der Waals surface area (Å²) >= 11 is 0. The Balaban J connectivity index is 1.75. The molecule has 0 saturated heterocycles. The van der Waals surface area contributed by atoms with Gasteiger partial charge in [0.05, 0.1) is 14.2 Å². The summed E-state index contributed by atoms with van der Waals surface area (Å²) in [7, 11) is 3.30. The fourth-order valence-corrected chi connectivity index (χ4v) is 2.54. The van der Waals surface area contributed by atoms with Gasteiger partial charge < -0.3 is 14.8 Å². The van der Waals surface area contributed by atoms with Crippen molar-refractivity contribution in [2.75, 3.05) is 20.8 Å². The standard InChI is InChI=1S/C20H25NO3/c1-15(17-6-10-19(24-3)11-7-17)14-20(22)21-13-12-16-4-8-18(23-2)9-5-16/h4-11,15H,12-14H2,1-3H3,(H,21,22). The highest BCUT2D eigenvalue weighted by Gasteiger charge is 2.11. The van der Waals surface area contributed by atoms with Gasteiger partial charge in [0.1, 0.15) is 11.5 Å². The smallest absolute Gasteiger partial charge is 0.220 e. The maximum atomic E-state index is 12.1. The lowest BCUT2D eigenvalue weighted by molar-refractivity contribution is -0.121. The maximum absolute atomic E-state index is 12.1. The summed E-state index contributed by atoms with van der Waals surface area (Å²) in [5.74, 6) is 1.93. The zero-order valence-corrected chi connectivity index (χ0v) is 14.5. The first-order valence-electron chi connectivity index (χ1n) is 8.16. The van der Waals surface area contributed by atoms with Gasteiger partial charge in [-0.1, -0.05) is 31.2 Å². The van der Waals surface area contributed by atoms with Crippen LogP contribution in [0.1, 0.15) is 30.4 Å². The molecule has 0 heterocycles. The number of methoxy groups -OCH3 is 2. The Labute approximate surface area is 143 Å². The van der Waals surface area contributed by atoms with Gasteiger partial charge in [-0.05, 0) is 47.7 Å². The van der Waals surface area contributed by atoms with E-state index in [1.165, 1.54) is 5.56 Å². The van der Waals surface area contributed by atoms with Crippen LogP contribution in [0.25, 0.3) is 0 Å². The molecule has 4 nitrogen and oxygen atoms in total. The molecule has 1 unspecified atom stereocenters. The van der Waals surface area contributed by atoms with E-state index in [1.54, 1.807) is 14.2 Å². The molecule has 1 N–H and O–H groups in total. The van der Waals surface area contributed by atoms with Crippen molar-refractivity contribution in [3.63, 3.8) is 0 Å². The molecular weight excluding hydrogens is 302 g/mol. The van der Waals surface area contributed by atoms with Crippen molar-refractivity contribution < 1.29 is 14.3 Å². The van der Waals surface area contributed by atoms with E-state index in [-0.39, 0.29) is 11.8 Å². The first-order chi connectivity index (χ1) is 11.6. The Kier molecular flexibility index (Phi) is 6.67. The molecule has 0 aliphatic rings. The van der Waals surface area contributed by atoms with E-state index in [4.69, 9.17) is 9.47 Å². The van der Waals surface area contributed by atoms with Gasteiger partial charge in [0.15, 0.2) is 0 Å². The Hall–Kier alpha value is -2.49. The molecule has 0 spiro atoms. The molecule has 24 heavy (non-hydrogen) atoms. The molecule has 0 bridgehead atoms. The summed E-state index contributed by atoms with van der Waals surface area (Å²) in [6.07, 6.45) is 1.29. The van der Waals surface area contributed by atoms with Gasteiger partial charge >= 0.3 is 0 Å². The minimum absolute atomic E-state index is 0.0758. The lowest BCUT2D eigenvalue weighted by Crippen LogP contribution is -2.26. The maximum Gasteiger partial charge on any atom is 0.220 e. The van der Waals surface area contributed by atoms with Crippen LogP contribution >= 0.6 is 0 Å². The van der Waals surface area contributed by atoms with E-state index in [0.29, 0.717) is 13.0 Å². The van der Waals surface area contributed by atoms with Crippen molar-refractivity contribution >= 4 is 5.91 Å². The molecule has 0 aliphatic heterocycles. The number of benzene rings is 2. The first kappa shape index (κ1) is 17.9. The van der Waals surface area contributed by atoms with Crippen LogP contribution in [0, 0.1) is 0 Å². The molecule has 1 atom stereocenters. The van der Waals surface area contributed by atoms with E-state index < -0.39 is 0 Å². The second-order valence-corrected chi connectivity index (χ2v) is 5.83. The van der Waals surface area contributed by atoms with Crippen LogP contribution in [-0.2, 0) is 11.2 Å². The van der Waals surface area contributed by atoms with Crippen LogP contribution in [0.15, 0.2) is 48.5 Å². The highest BCUT2D eigenvalue weighted by atomic mass is 16.5. The number of rotatable bonds is 8. The van der Waals surface area contributed by atoms with Crippen molar-refractivity contribution in [2.45, 2.75) is 25.7 Å². The predicted octanol–water partition coefficient (Wildman–Crippen LogP) is 3.56. The first-order valence-corrected chi connectivity index (χ1v) is 8.16. The molecular formula is C20H25NO3. The second-order valence-electron chi connectivity index (χ2n) is 5.83. The molecule has 4 heteroatoms. The minimum Gasteiger partial charge on any atom is -0.497 e. The SMILES string of the molecule is COc1ccc(CCNC(=O)CC(C)c2ccc(OC)cc2)cc1. The molecule has 0 radical (unpaired) electrons. The van der Waals surface area contributed by atoms with Crippen LogP contribution in [-0.4, -0.2) is 26.7 Å². The highest BCUT2D eigenvalue weighted by Crippen LogP contribution is 2.21. The van der Waals surface area contributed by atoms with Crippen LogP contribution in [0.2, 0.25) is 0 Å². The Bertz CT molecular complexity index is 635. The third-order valence-corrected chi connectivity index (χ3v) is 4.07. The van der Waals surface area contributed by atoms with Gasteiger partial charge in [-0.25, -0.2) is 0 Å². The van der Waals surface area contributed by atoms with Gasteiger partial charge in [0.25, 0.3) is 0 Å². The molecule has 0 aromatic heterocycles. The zero-order chi connectivity index (χ0) is 17.4. The molecule has 2 rings (SSSR count). The summed E-state index contributed by atoms with van der Waals surface area (Å²) < 4.78 is 10.3. The van der Waals surface area contributed by atoms with Gasteiger partial charge in [-0.3, -0.25) is 4.79 Å². The van der Waals surface area contributed by atoms with Crippen molar-refractivity contribution in [1.29, 1.82) is 0 Å². The van der Waals surface area contributed by atoms with E-state index >= 15 is 0 Å². The Morgan fingerprint density at radius 3 is 2.04 bits per heavy atom. The van der Waals surface area contributed by atoms with Crippen LogP contribution < -0.4 is 14.8 Å². The van der Waals surface area contributed by atoms with Crippen molar-refractivity contribution in [1.82, 2.24) is 5.32 Å². The van der Waals surface area contributed by atoms with Crippen molar-refractivity contribution in [3.8, 4) is 11.5 Å². The van der Waals surface area contributed by atoms with E-state index in [0.717, 1.165) is 23.5 Å². The third kappa shape index (κ3) is 5.30. The molecule has 1 amide bonds. The Morgan fingerprint density at radius 1 is 0.958 bits per heavy atom. The average molecular weight is 327 g/mol. The summed E-state index contributed by atoms with van der Waals surface area (Å²) in [6, 6.07) is 15.8. The largest absolute Gasteiger partial charge is 0.497 e. The quantitative estimate of drug-likeness (QED) is 0.806. The number of carbonyl (C=O) groups is 1. The number of ether oxygens (including phenoxy) is 2. The number of nitrogens with one attached hydrogen (secondary N) is 1. The minimum atomic E-state index is 0.0758. The fourth-order valence-electron chi connectivity index (χ4n) is 2.54. The molecule has 0 aliphatic carbocycles. The molecule has 0 saturated carbocycles. The van der Waals surface area contributed by atoms with Crippen LogP contribution in [0.3, 0.4) is 0 Å². The number of hydrogen-bond acceptors (Lipinski definition) is 3. The lowest BCUT2D eigenvalue weighted by atomic mass is 9.97. The molecule has 128 valence electrons. The monoisotopic (exact) mass is 327 g/mol. The van der Waals surface area contributed by atoms with Crippen LogP contribution in [0.5, 0.6) is 11.5 Å². The van der Waals surface area contributed by atoms with Gasteiger partial charge in [0, 0.05) is 13.0 Å².